The fraction of sp³-hybridized carbons (Fsp3) is 0.333. The number of rotatable bonds is 4. The van der Waals surface area contributed by atoms with Gasteiger partial charge >= 0.3 is 0 Å². The van der Waals surface area contributed by atoms with Crippen molar-refractivity contribution >= 4 is 22.4 Å². The molecular weight excluding hydrogens is 270 g/mol. The smallest absolute Gasteiger partial charge is 0.227 e. The zero-order valence-corrected chi connectivity index (χ0v) is 12.8. The Hall–Kier alpha value is -1.72. The van der Waals surface area contributed by atoms with Gasteiger partial charge in [0.05, 0.1) is 5.69 Å². The molecule has 1 atom stereocenters. The van der Waals surface area contributed by atoms with Gasteiger partial charge in [0.1, 0.15) is 0 Å². The predicted octanol–water partition coefficient (Wildman–Crippen LogP) is 3.10. The Morgan fingerprint density at radius 1 is 1.45 bits per heavy atom. The fourth-order valence-corrected chi connectivity index (χ4v) is 2.75. The first kappa shape index (κ1) is 14.7. The summed E-state index contributed by atoms with van der Waals surface area (Å²) in [5.41, 5.74) is 10.0. The van der Waals surface area contributed by atoms with E-state index in [0.717, 1.165) is 11.3 Å². The van der Waals surface area contributed by atoms with Gasteiger partial charge in [0.2, 0.25) is 5.91 Å². The summed E-state index contributed by atoms with van der Waals surface area (Å²) in [5, 5.41) is 5.36. The zero-order valence-electron chi connectivity index (χ0n) is 11.9. The molecule has 0 aliphatic carbocycles. The first-order valence-corrected chi connectivity index (χ1v) is 7.42. The lowest BCUT2D eigenvalue weighted by Crippen LogP contribution is -2.23. The number of benzene rings is 1. The maximum Gasteiger partial charge on any atom is 0.227 e. The third-order valence-corrected chi connectivity index (χ3v) is 3.67. The summed E-state index contributed by atoms with van der Waals surface area (Å²) in [6.07, 6.45) is 0.304. The Morgan fingerprint density at radius 3 is 2.85 bits per heavy atom. The maximum atomic E-state index is 11.7. The number of amides is 1. The highest BCUT2D eigenvalue weighted by atomic mass is 32.1. The number of carbonyl (C=O) groups is 1. The lowest BCUT2D eigenvalue weighted by Gasteiger charge is -2.05. The van der Waals surface area contributed by atoms with Gasteiger partial charge in [-0.2, -0.15) is 0 Å². The highest BCUT2D eigenvalue weighted by Gasteiger charge is 2.10. The van der Waals surface area contributed by atoms with E-state index in [-0.39, 0.29) is 11.9 Å². The van der Waals surface area contributed by atoms with Crippen molar-refractivity contribution in [2.75, 3.05) is 5.32 Å². The topological polar surface area (TPSA) is 68.0 Å². The second-order valence-corrected chi connectivity index (χ2v) is 5.94. The van der Waals surface area contributed by atoms with Gasteiger partial charge in [-0.05, 0) is 26.3 Å². The van der Waals surface area contributed by atoms with Crippen LogP contribution < -0.4 is 11.1 Å². The van der Waals surface area contributed by atoms with E-state index < -0.39 is 0 Å². The Labute approximate surface area is 123 Å². The van der Waals surface area contributed by atoms with Crippen LogP contribution in [0.1, 0.15) is 24.5 Å². The van der Waals surface area contributed by atoms with Gasteiger partial charge in [0, 0.05) is 23.4 Å². The summed E-state index contributed by atoms with van der Waals surface area (Å²) in [5.74, 6) is -0.0958. The van der Waals surface area contributed by atoms with E-state index in [9.17, 15) is 4.79 Å². The summed E-state index contributed by atoms with van der Waals surface area (Å²) in [7, 11) is 0. The molecule has 0 aliphatic rings. The van der Waals surface area contributed by atoms with Gasteiger partial charge in [-0.3, -0.25) is 4.79 Å². The van der Waals surface area contributed by atoms with Crippen molar-refractivity contribution in [3.63, 3.8) is 0 Å². The second kappa shape index (κ2) is 6.15. The standard InChI is InChI=1S/C15H19N3OS/c1-9-4-5-12(10(2)6-9)13-8-20-15(17-13)18-14(19)7-11(3)16/h4-6,8,11H,7,16H2,1-3H3,(H,17,18,19). The van der Waals surface area contributed by atoms with Crippen molar-refractivity contribution < 1.29 is 4.79 Å². The number of aromatic nitrogens is 1. The van der Waals surface area contributed by atoms with E-state index in [1.807, 2.05) is 12.3 Å². The first-order chi connectivity index (χ1) is 9.45. The Bertz CT molecular complexity index is 619. The van der Waals surface area contributed by atoms with Crippen molar-refractivity contribution in [1.29, 1.82) is 0 Å². The molecule has 5 heteroatoms. The number of thiazole rings is 1. The van der Waals surface area contributed by atoms with Crippen LogP contribution >= 0.6 is 11.3 Å². The number of nitrogens with zero attached hydrogens (tertiary/aromatic N) is 1. The van der Waals surface area contributed by atoms with Gasteiger partial charge in [0.15, 0.2) is 5.13 Å². The van der Waals surface area contributed by atoms with Gasteiger partial charge in [-0.25, -0.2) is 4.98 Å². The molecule has 4 nitrogen and oxygen atoms in total. The van der Waals surface area contributed by atoms with Gasteiger partial charge < -0.3 is 11.1 Å². The van der Waals surface area contributed by atoms with E-state index >= 15 is 0 Å². The van der Waals surface area contributed by atoms with E-state index in [4.69, 9.17) is 5.73 Å². The van der Waals surface area contributed by atoms with Gasteiger partial charge in [-0.1, -0.05) is 23.8 Å². The first-order valence-electron chi connectivity index (χ1n) is 6.54. The van der Waals surface area contributed by atoms with E-state index in [0.29, 0.717) is 11.6 Å². The molecule has 0 bridgehead atoms. The van der Waals surface area contributed by atoms with Crippen molar-refractivity contribution in [2.45, 2.75) is 33.2 Å². The normalized spacial score (nSPS) is 12.2. The number of nitrogens with two attached hydrogens (primary N) is 1. The number of hydrogen-bond acceptors (Lipinski definition) is 4. The highest BCUT2D eigenvalue weighted by Crippen LogP contribution is 2.28. The highest BCUT2D eigenvalue weighted by molar-refractivity contribution is 7.14. The molecule has 0 saturated carbocycles. The fourth-order valence-electron chi connectivity index (χ4n) is 2.02. The minimum absolute atomic E-state index is 0.0958. The molecule has 1 aromatic carbocycles. The summed E-state index contributed by atoms with van der Waals surface area (Å²) in [6.45, 7) is 5.94. The van der Waals surface area contributed by atoms with Crippen LogP contribution in [0, 0.1) is 13.8 Å². The summed E-state index contributed by atoms with van der Waals surface area (Å²) < 4.78 is 0. The van der Waals surface area contributed by atoms with Crippen molar-refractivity contribution in [2.24, 2.45) is 5.73 Å². The SMILES string of the molecule is Cc1ccc(-c2csc(NC(=O)CC(C)N)n2)c(C)c1. The molecule has 20 heavy (non-hydrogen) atoms. The zero-order chi connectivity index (χ0) is 14.7. The number of carbonyl (C=O) groups excluding carboxylic acids is 1. The van der Waals surface area contributed by atoms with Crippen molar-refractivity contribution in [1.82, 2.24) is 4.98 Å². The molecule has 2 aromatic rings. The van der Waals surface area contributed by atoms with Gasteiger partial charge in [-0.15, -0.1) is 11.3 Å². The Morgan fingerprint density at radius 2 is 2.20 bits per heavy atom. The molecule has 106 valence electrons. The van der Waals surface area contributed by atoms with Crippen LogP contribution in [-0.4, -0.2) is 16.9 Å². The molecule has 1 unspecified atom stereocenters. The molecule has 0 aliphatic heterocycles. The summed E-state index contributed by atoms with van der Waals surface area (Å²) in [4.78, 5) is 16.1. The lowest BCUT2D eigenvalue weighted by atomic mass is 10.0. The monoisotopic (exact) mass is 289 g/mol. The number of hydrogen-bond donors (Lipinski definition) is 2. The molecule has 0 spiro atoms. The third-order valence-electron chi connectivity index (χ3n) is 2.92. The number of aryl methyl sites for hydroxylation is 2. The minimum Gasteiger partial charge on any atom is -0.327 e. The van der Waals surface area contributed by atoms with Crippen LogP contribution in [0.3, 0.4) is 0 Å². The molecule has 1 aromatic heterocycles. The second-order valence-electron chi connectivity index (χ2n) is 5.09. The number of anilines is 1. The number of nitrogens with one attached hydrogen (secondary N) is 1. The largest absolute Gasteiger partial charge is 0.327 e. The van der Waals surface area contributed by atoms with Crippen LogP contribution in [-0.2, 0) is 4.79 Å². The lowest BCUT2D eigenvalue weighted by molar-refractivity contribution is -0.116. The molecule has 1 heterocycles. The van der Waals surface area contributed by atoms with E-state index in [1.165, 1.54) is 22.5 Å². The molecule has 3 N–H and O–H groups in total. The quantitative estimate of drug-likeness (QED) is 0.908. The van der Waals surface area contributed by atoms with Crippen LogP contribution in [0.2, 0.25) is 0 Å². The molecule has 1 amide bonds. The van der Waals surface area contributed by atoms with Crippen LogP contribution in [0.25, 0.3) is 11.3 Å². The average molecular weight is 289 g/mol. The van der Waals surface area contributed by atoms with Crippen molar-refractivity contribution in [3.8, 4) is 11.3 Å². The molecule has 2 rings (SSSR count). The van der Waals surface area contributed by atoms with E-state index in [2.05, 4.69) is 42.3 Å². The average Bonchev–Trinajstić information content (AvgIpc) is 2.75. The Balaban J connectivity index is 2.14. The molecule has 0 saturated heterocycles. The van der Waals surface area contributed by atoms with Crippen molar-refractivity contribution in [3.05, 3.63) is 34.7 Å². The van der Waals surface area contributed by atoms with Crippen LogP contribution in [0.15, 0.2) is 23.6 Å². The summed E-state index contributed by atoms with van der Waals surface area (Å²) in [6, 6.07) is 6.11. The molecule has 0 fully saturated rings. The Kier molecular flexibility index (Phi) is 4.52. The summed E-state index contributed by atoms with van der Waals surface area (Å²) >= 11 is 1.43. The minimum atomic E-state index is -0.145. The van der Waals surface area contributed by atoms with Gasteiger partial charge in [0.25, 0.3) is 0 Å². The molecular formula is C15H19N3OS. The van der Waals surface area contributed by atoms with E-state index in [1.54, 1.807) is 0 Å². The maximum absolute atomic E-state index is 11.7. The third kappa shape index (κ3) is 3.65. The molecule has 0 radical (unpaired) electrons. The predicted molar refractivity (Wildman–Crippen MR) is 83.9 cm³/mol. The van der Waals surface area contributed by atoms with Crippen LogP contribution in [0.4, 0.5) is 5.13 Å². The van der Waals surface area contributed by atoms with Crippen LogP contribution in [0.5, 0.6) is 0 Å².